The van der Waals surface area contributed by atoms with Crippen LogP contribution in [-0.4, -0.2) is 59.1 Å². The number of hydrogen-bond donors (Lipinski definition) is 7. The molecule has 8 heteroatoms. The van der Waals surface area contributed by atoms with Crippen molar-refractivity contribution >= 4 is 11.9 Å². The van der Waals surface area contributed by atoms with Crippen LogP contribution >= 0.6 is 0 Å². The van der Waals surface area contributed by atoms with E-state index in [4.69, 9.17) is 26.8 Å². The Bertz CT molecular complexity index is 256. The highest BCUT2D eigenvalue weighted by Crippen LogP contribution is 1.96. The Morgan fingerprint density at radius 1 is 1.39 bits per heavy atom. The fourth-order valence-corrected chi connectivity index (χ4v) is 1.19. The molecule has 0 aromatic rings. The highest BCUT2D eigenvalue weighted by atomic mass is 16.4. The van der Waals surface area contributed by atoms with Gasteiger partial charge in [-0.1, -0.05) is 7.43 Å². The molecule has 8 nitrogen and oxygen atoms in total. The van der Waals surface area contributed by atoms with Crippen LogP contribution in [0.2, 0.25) is 0 Å². The highest BCUT2D eigenvalue weighted by Gasteiger charge is 2.17. The van der Waals surface area contributed by atoms with Crippen molar-refractivity contribution in [1.29, 1.82) is 0 Å². The molecule has 0 rings (SSSR count). The van der Waals surface area contributed by atoms with Crippen molar-refractivity contribution < 1.29 is 25.1 Å². The summed E-state index contributed by atoms with van der Waals surface area (Å²) >= 11 is 0. The first-order valence-electron chi connectivity index (χ1n) is 5.34. The lowest BCUT2D eigenvalue weighted by molar-refractivity contribution is -0.459. The Balaban J connectivity index is 0. The number of nitrogens with two attached hydrogens (primary N) is 2. The molecule has 18 heavy (non-hydrogen) atoms. The third-order valence-corrected chi connectivity index (χ3v) is 2.11. The average Bonchev–Trinajstić information content (AvgIpc) is 2.26. The van der Waals surface area contributed by atoms with E-state index >= 15 is 0 Å². The minimum absolute atomic E-state index is 0. The Morgan fingerprint density at radius 3 is 2.44 bits per heavy atom. The zero-order chi connectivity index (χ0) is 13.3. The minimum Gasteiger partial charge on any atom is -0.480 e. The van der Waals surface area contributed by atoms with E-state index in [1.165, 1.54) is 0 Å². The summed E-state index contributed by atoms with van der Waals surface area (Å²) in [6.45, 7) is 0.113. The number of aliphatic hydroxyl groups excluding tert-OH is 2. The molecule has 0 aliphatic carbocycles. The van der Waals surface area contributed by atoms with Gasteiger partial charge in [-0.15, -0.1) is 0 Å². The maximum atomic E-state index is 10.8. The molecule has 2 unspecified atom stereocenters. The molecular formula is C10H25N4O4+. The predicted octanol–water partition coefficient (Wildman–Crippen LogP) is -3.85. The van der Waals surface area contributed by atoms with E-state index < -0.39 is 24.7 Å². The van der Waals surface area contributed by atoms with Crippen molar-refractivity contribution in [2.45, 2.75) is 32.4 Å². The number of carboxylic acids is 1. The molecule has 108 valence electrons. The normalized spacial score (nSPS) is 13.2. The molecule has 0 saturated carbocycles. The van der Waals surface area contributed by atoms with Crippen molar-refractivity contribution in [3.63, 3.8) is 0 Å². The number of carbonyl (C=O) groups is 1. The van der Waals surface area contributed by atoms with Gasteiger partial charge in [-0.25, -0.2) is 0 Å². The van der Waals surface area contributed by atoms with E-state index in [9.17, 15) is 4.79 Å². The lowest BCUT2D eigenvalue weighted by Crippen LogP contribution is -2.78. The third kappa shape index (κ3) is 9.82. The quantitative estimate of drug-likeness (QED) is 0.128. The summed E-state index contributed by atoms with van der Waals surface area (Å²) in [6, 6.07) is -0.767. The topological polar surface area (TPSA) is 156 Å². The first-order chi connectivity index (χ1) is 7.97. The second-order valence-electron chi connectivity index (χ2n) is 3.66. The van der Waals surface area contributed by atoms with E-state index in [-0.39, 0.29) is 19.9 Å². The van der Waals surface area contributed by atoms with Crippen LogP contribution in [0.15, 0.2) is 0 Å². The molecule has 0 aliphatic heterocycles. The summed E-state index contributed by atoms with van der Waals surface area (Å²) < 4.78 is 0. The van der Waals surface area contributed by atoms with Crippen LogP contribution in [0.5, 0.6) is 0 Å². The molecule has 0 amide bonds. The van der Waals surface area contributed by atoms with E-state index in [0.29, 0.717) is 19.4 Å². The standard InChI is InChI=1S/C9H20N4O4.CH4/c10-9(11)12-3-1-2-7(8(16)17)13-4-6(15)5-14;/h6-7,13-15H,1-5H2,(H,16,17)(H4,10,11,12);1H4/p+1. The lowest BCUT2D eigenvalue weighted by atomic mass is 10.1. The van der Waals surface area contributed by atoms with Crippen LogP contribution in [-0.2, 0) is 4.79 Å². The van der Waals surface area contributed by atoms with Gasteiger partial charge in [-0.3, -0.25) is 21.3 Å². The average molecular weight is 265 g/mol. The summed E-state index contributed by atoms with van der Waals surface area (Å²) in [5.74, 6) is -0.902. The van der Waals surface area contributed by atoms with Crippen LogP contribution in [0.3, 0.4) is 0 Å². The number of rotatable bonds is 9. The van der Waals surface area contributed by atoms with E-state index in [0.717, 1.165) is 0 Å². The second kappa shape index (κ2) is 10.8. The van der Waals surface area contributed by atoms with Crippen LogP contribution in [0.4, 0.5) is 0 Å². The Hall–Kier alpha value is -1.38. The molecule has 9 N–H and O–H groups in total. The van der Waals surface area contributed by atoms with Crippen LogP contribution in [0.25, 0.3) is 0 Å². The summed E-state index contributed by atoms with van der Waals surface area (Å²) in [7, 11) is 0. The van der Waals surface area contributed by atoms with Crippen molar-refractivity contribution in [3.05, 3.63) is 0 Å². The van der Waals surface area contributed by atoms with Gasteiger partial charge in [0.25, 0.3) is 0 Å². The van der Waals surface area contributed by atoms with Gasteiger partial charge in [0.05, 0.1) is 19.3 Å². The molecule has 2 atom stereocenters. The molecule has 0 aliphatic rings. The maximum absolute atomic E-state index is 10.8. The number of nitrogens with one attached hydrogen (secondary N) is 2. The van der Waals surface area contributed by atoms with Gasteiger partial charge in [0.1, 0.15) is 6.04 Å². The summed E-state index contributed by atoms with van der Waals surface area (Å²) in [6.07, 6.45) is -0.0202. The number of carboxylic acid groups (broad SMARTS) is 1. The Labute approximate surface area is 107 Å². The molecule has 0 saturated heterocycles. The molecule has 0 bridgehead atoms. The Morgan fingerprint density at radius 2 is 2.00 bits per heavy atom. The van der Waals surface area contributed by atoms with Crippen LogP contribution < -0.4 is 21.8 Å². The third-order valence-electron chi connectivity index (χ3n) is 2.11. The van der Waals surface area contributed by atoms with Gasteiger partial charge in [0, 0.05) is 6.54 Å². The van der Waals surface area contributed by atoms with E-state index in [2.05, 4.69) is 10.3 Å². The zero-order valence-corrected chi connectivity index (χ0v) is 9.59. The number of aliphatic hydroxyl groups is 2. The van der Waals surface area contributed by atoms with Gasteiger partial charge < -0.3 is 20.6 Å². The SMILES string of the molecule is C.NC(N)=[NH+]CCCC(NCC(O)CO)C(=O)O. The van der Waals surface area contributed by atoms with Gasteiger partial charge >= 0.3 is 11.9 Å². The van der Waals surface area contributed by atoms with E-state index in [1.807, 2.05) is 0 Å². The van der Waals surface area contributed by atoms with Crippen molar-refractivity contribution in [2.75, 3.05) is 19.7 Å². The predicted molar refractivity (Wildman–Crippen MR) is 67.7 cm³/mol. The first kappa shape index (κ1) is 19.0. The van der Waals surface area contributed by atoms with Crippen molar-refractivity contribution in [1.82, 2.24) is 5.32 Å². The summed E-state index contributed by atoms with van der Waals surface area (Å²) in [4.78, 5) is 13.5. The monoisotopic (exact) mass is 265 g/mol. The van der Waals surface area contributed by atoms with Gasteiger partial charge in [-0.2, -0.15) is 0 Å². The molecule has 0 fully saturated rings. The molecule has 0 aromatic heterocycles. The van der Waals surface area contributed by atoms with Crippen LogP contribution in [0, 0.1) is 0 Å². The molecule has 0 aromatic carbocycles. The second-order valence-corrected chi connectivity index (χ2v) is 3.66. The number of aliphatic carboxylic acids is 1. The maximum Gasteiger partial charge on any atom is 0.338 e. The van der Waals surface area contributed by atoms with Gasteiger partial charge in [0.2, 0.25) is 0 Å². The van der Waals surface area contributed by atoms with Crippen LogP contribution in [0.1, 0.15) is 20.3 Å². The fourth-order valence-electron chi connectivity index (χ4n) is 1.19. The molecule has 0 spiro atoms. The van der Waals surface area contributed by atoms with Crippen molar-refractivity contribution in [3.8, 4) is 0 Å². The van der Waals surface area contributed by atoms with Crippen molar-refractivity contribution in [2.24, 2.45) is 11.5 Å². The van der Waals surface area contributed by atoms with Gasteiger partial charge in [0.15, 0.2) is 0 Å². The largest absolute Gasteiger partial charge is 0.480 e. The molecular weight excluding hydrogens is 240 g/mol. The smallest absolute Gasteiger partial charge is 0.338 e. The zero-order valence-electron chi connectivity index (χ0n) is 9.59. The number of hydrogen-bond acceptors (Lipinski definition) is 4. The highest BCUT2D eigenvalue weighted by molar-refractivity contribution is 5.73. The molecule has 0 heterocycles. The van der Waals surface area contributed by atoms with E-state index in [1.54, 1.807) is 0 Å². The minimum atomic E-state index is -1.00. The summed E-state index contributed by atoms with van der Waals surface area (Å²) in [5, 5.41) is 29.2. The lowest BCUT2D eigenvalue weighted by Gasteiger charge is -2.15. The fraction of sp³-hybridized carbons (Fsp3) is 0.800. The van der Waals surface area contributed by atoms with Gasteiger partial charge in [-0.05, 0) is 12.8 Å². The number of guanidine groups is 1. The first-order valence-corrected chi connectivity index (χ1v) is 5.34. The Kier molecular flexibility index (Phi) is 11.3. The molecule has 0 radical (unpaired) electrons. The summed E-state index contributed by atoms with van der Waals surface area (Å²) in [5.41, 5.74) is 10.4.